The third kappa shape index (κ3) is 149. The lowest BCUT2D eigenvalue weighted by Gasteiger charge is -2.14. The second-order valence-corrected chi connectivity index (χ2v) is 19.0. The van der Waals surface area contributed by atoms with E-state index < -0.39 is 12.2 Å². The van der Waals surface area contributed by atoms with Crippen molar-refractivity contribution in [3.8, 4) is 0 Å². The summed E-state index contributed by atoms with van der Waals surface area (Å²) in [7, 11) is 3.71. The normalized spacial score (nSPS) is 11.4. The Bertz CT molecular complexity index is 1210. The predicted octanol–water partition coefficient (Wildman–Crippen LogP) is 8.64. The van der Waals surface area contributed by atoms with Crippen LogP contribution in [0.2, 0.25) is 0 Å². The molecule has 0 amide bonds. The summed E-state index contributed by atoms with van der Waals surface area (Å²) in [6.45, 7) is 43.7. The van der Waals surface area contributed by atoms with Crippen LogP contribution in [0.25, 0.3) is 0 Å². The molecule has 0 aromatic heterocycles. The lowest BCUT2D eigenvalue weighted by molar-refractivity contribution is -0.129. The number of carbonyl (C=O) groups is 6. The molecule has 0 saturated heterocycles. The van der Waals surface area contributed by atoms with Crippen molar-refractivity contribution in [3.63, 3.8) is 0 Å². The number of ketones is 6. The molecule has 21 nitrogen and oxygen atoms in total. The first-order chi connectivity index (χ1) is 38.0. The summed E-state index contributed by atoms with van der Waals surface area (Å²) >= 11 is 0. The van der Waals surface area contributed by atoms with Crippen LogP contribution in [0.5, 0.6) is 0 Å². The Hall–Kier alpha value is -2.58. The first-order valence-corrected chi connectivity index (χ1v) is 29.2. The van der Waals surface area contributed by atoms with Crippen molar-refractivity contribution in [1.82, 2.24) is 9.80 Å². The van der Waals surface area contributed by atoms with E-state index in [0.29, 0.717) is 85.0 Å². The van der Waals surface area contributed by atoms with Crippen molar-refractivity contribution in [2.45, 2.75) is 228 Å². The minimum absolute atomic E-state index is 0.00620. The van der Waals surface area contributed by atoms with Crippen LogP contribution in [0.3, 0.4) is 0 Å². The van der Waals surface area contributed by atoms with E-state index in [1.165, 1.54) is 46.0 Å². The van der Waals surface area contributed by atoms with E-state index in [4.69, 9.17) is 49.6 Å². The van der Waals surface area contributed by atoms with Gasteiger partial charge in [-0.15, -0.1) is 0 Å². The summed E-state index contributed by atoms with van der Waals surface area (Å²) in [5, 5.41) is 50.4. The van der Waals surface area contributed by atoms with Crippen LogP contribution in [0.1, 0.15) is 210 Å². The molecule has 0 bridgehead atoms. The SMILES string of the molecule is CC(=O)CC(C)COCO.CC(=O)CC(C)OCO.CC(=O)CN(C)CCOCCOCO.CC(=O)CN(C)CCOCO.CCC.CCC.CCC.CCC.CCC.CCC(COCO)CC(C)=O.CCC(O)COC(C)C(C)=O. The third-order valence-corrected chi connectivity index (χ3v) is 8.02. The second-order valence-electron chi connectivity index (χ2n) is 19.0. The minimum Gasteiger partial charge on any atom is -0.391 e. The van der Waals surface area contributed by atoms with Crippen LogP contribution < -0.4 is 0 Å². The van der Waals surface area contributed by atoms with Crippen LogP contribution in [0.4, 0.5) is 0 Å². The smallest absolute Gasteiger partial charge is 0.158 e. The lowest BCUT2D eigenvalue weighted by Crippen LogP contribution is -2.28. The number of hydrogen-bond donors (Lipinski definition) is 6. The third-order valence-electron chi connectivity index (χ3n) is 8.02. The average Bonchev–Trinajstić information content (AvgIpc) is 3.36. The van der Waals surface area contributed by atoms with E-state index >= 15 is 0 Å². The van der Waals surface area contributed by atoms with Crippen LogP contribution in [-0.2, 0) is 61.9 Å². The van der Waals surface area contributed by atoms with Gasteiger partial charge in [-0.1, -0.05) is 129 Å². The van der Waals surface area contributed by atoms with Crippen molar-refractivity contribution >= 4 is 34.7 Å². The molecule has 496 valence electrons. The van der Waals surface area contributed by atoms with Gasteiger partial charge >= 0.3 is 0 Å². The number of hydrogen-bond acceptors (Lipinski definition) is 21. The Labute approximate surface area is 495 Å². The van der Waals surface area contributed by atoms with E-state index in [1.807, 2.05) is 44.7 Å². The van der Waals surface area contributed by atoms with Gasteiger partial charge < -0.3 is 73.4 Å². The van der Waals surface area contributed by atoms with Gasteiger partial charge in [-0.2, -0.15) is 0 Å². The summed E-state index contributed by atoms with van der Waals surface area (Å²) in [6, 6.07) is 0. The first-order valence-electron chi connectivity index (χ1n) is 29.2. The Kier molecular flexibility index (Phi) is 120. The zero-order valence-corrected chi connectivity index (χ0v) is 56.2. The van der Waals surface area contributed by atoms with Gasteiger partial charge in [0.2, 0.25) is 0 Å². The van der Waals surface area contributed by atoms with Crippen molar-refractivity contribution in [3.05, 3.63) is 0 Å². The highest BCUT2D eigenvalue weighted by Crippen LogP contribution is 2.08. The first kappa shape index (κ1) is 103. The van der Waals surface area contributed by atoms with Crippen molar-refractivity contribution < 1.29 is 92.6 Å². The maximum absolute atomic E-state index is 10.7. The maximum atomic E-state index is 10.7. The highest BCUT2D eigenvalue weighted by molar-refractivity contribution is 5.80. The summed E-state index contributed by atoms with van der Waals surface area (Å²) in [6.07, 6.45) is 8.28. The molecule has 81 heavy (non-hydrogen) atoms. The van der Waals surface area contributed by atoms with E-state index in [1.54, 1.807) is 41.5 Å². The number of aliphatic hydroxyl groups is 6. The van der Waals surface area contributed by atoms with Gasteiger partial charge in [0.15, 0.2) is 5.78 Å². The van der Waals surface area contributed by atoms with E-state index in [2.05, 4.69) is 83.4 Å². The fourth-order valence-electron chi connectivity index (χ4n) is 4.54. The van der Waals surface area contributed by atoms with Crippen molar-refractivity contribution in [2.75, 3.05) is 120 Å². The molecule has 0 aliphatic heterocycles. The molecule has 0 saturated carbocycles. The number of nitrogens with zero attached hydrogens (tertiary/aromatic N) is 2. The molecule has 0 spiro atoms. The number of Topliss-reactive ketones (excluding diaryl/α,β-unsaturated/α-hetero) is 6. The largest absolute Gasteiger partial charge is 0.391 e. The standard InChI is InChI=1S/C9H19NO4.2C8H16O3.C7H15NO3.C7H14O3.C6H12O3.5C3H8/c1-9(12)7-10(2)3-4-13-5-6-14-8-11;1-4-8(10)5-11-7(3)6(2)9;1-3-8(4-7(2)10)5-11-6-9;1-7(10)5-8(2)3-4-11-6-9;1-6(3-7(2)9)4-10-5-8;1-5(8)3-6(2)9-4-7;5*1-3-2/h11H,3-8H2,1-2H3;7-8,10H,4-5H2,1-3H3;8-9H,3-6H2,1-2H3;9H,3-6H2,1-2H3;6,8H,3-5H2,1-2H3;6-7H,3-4H2,1-2H3;5*3H2,1-2H3. The molecule has 5 unspecified atom stereocenters. The molecule has 0 heterocycles. The zero-order valence-electron chi connectivity index (χ0n) is 56.2. The van der Waals surface area contributed by atoms with Crippen molar-refractivity contribution in [2.24, 2.45) is 11.8 Å². The predicted molar refractivity (Wildman–Crippen MR) is 328 cm³/mol. The maximum Gasteiger partial charge on any atom is 0.158 e. The summed E-state index contributed by atoms with van der Waals surface area (Å²) in [5.41, 5.74) is 0. The fraction of sp³-hybridized carbons (Fsp3) is 0.900. The second kappa shape index (κ2) is 93.8. The molecule has 0 aromatic rings. The number of likely N-dealkylation sites (N-methyl/N-ethyl adjacent to an activating group) is 2. The minimum atomic E-state index is -0.447. The molecule has 6 N–H and O–H groups in total. The average molecular weight is 1190 g/mol. The van der Waals surface area contributed by atoms with E-state index in [0.717, 1.165) is 13.0 Å². The Balaban J connectivity index is -0.0000000769. The molecule has 0 radical (unpaired) electrons. The van der Waals surface area contributed by atoms with Crippen LogP contribution >= 0.6 is 0 Å². The summed E-state index contributed by atoms with van der Waals surface area (Å²) in [4.78, 5) is 67.2. The number of ether oxygens (including phenoxy) is 7. The quantitative estimate of drug-likeness (QED) is 0.0255. The van der Waals surface area contributed by atoms with Gasteiger partial charge in [0.1, 0.15) is 69.0 Å². The zero-order chi connectivity index (χ0) is 65.8. The lowest BCUT2D eigenvalue weighted by atomic mass is 10.0. The van der Waals surface area contributed by atoms with Gasteiger partial charge in [-0.3, -0.25) is 29.0 Å². The molecule has 0 aliphatic rings. The van der Waals surface area contributed by atoms with Gasteiger partial charge in [0.25, 0.3) is 0 Å². The number of aliphatic hydroxyl groups excluding tert-OH is 6. The van der Waals surface area contributed by atoms with Crippen LogP contribution in [0, 0.1) is 11.8 Å². The molecular weight excluding hydrogens is 1050 g/mol. The van der Waals surface area contributed by atoms with Gasteiger partial charge in [0, 0.05) is 32.4 Å². The molecule has 0 fully saturated rings. The summed E-state index contributed by atoms with van der Waals surface area (Å²) < 4.78 is 33.8. The molecule has 0 rings (SSSR count). The topological polar surface area (TPSA) is 295 Å². The van der Waals surface area contributed by atoms with Gasteiger partial charge in [-0.05, 0) is 87.7 Å². The molecule has 0 aliphatic carbocycles. The van der Waals surface area contributed by atoms with Gasteiger partial charge in [0.05, 0.1) is 71.5 Å². The molecule has 0 aromatic carbocycles. The highest BCUT2D eigenvalue weighted by atomic mass is 16.6. The Morgan fingerprint density at radius 2 is 0.753 bits per heavy atom. The Morgan fingerprint density at radius 1 is 0.407 bits per heavy atom. The van der Waals surface area contributed by atoms with E-state index in [-0.39, 0.29) is 93.2 Å². The number of carbonyl (C=O) groups excluding carboxylic acids is 6. The Morgan fingerprint density at radius 3 is 1.06 bits per heavy atom. The number of rotatable bonds is 35. The van der Waals surface area contributed by atoms with Gasteiger partial charge in [-0.25, -0.2) is 0 Å². The molecule has 5 atom stereocenters. The summed E-state index contributed by atoms with van der Waals surface area (Å²) in [5.74, 6) is 1.17. The monoisotopic (exact) mass is 1180 g/mol. The molecular formula is C60H132N2O19. The highest BCUT2D eigenvalue weighted by Gasteiger charge is 2.10. The van der Waals surface area contributed by atoms with Crippen molar-refractivity contribution in [1.29, 1.82) is 0 Å². The van der Waals surface area contributed by atoms with Crippen LogP contribution in [0.15, 0.2) is 0 Å². The molecule has 21 heteroatoms. The van der Waals surface area contributed by atoms with E-state index in [9.17, 15) is 28.8 Å². The van der Waals surface area contributed by atoms with Crippen LogP contribution in [-0.4, -0.2) is 214 Å². The fourth-order valence-corrected chi connectivity index (χ4v) is 4.54.